The molecule has 0 fully saturated rings. The van der Waals surface area contributed by atoms with Crippen LogP contribution in [-0.4, -0.2) is 7.05 Å². The van der Waals surface area contributed by atoms with Gasteiger partial charge in [-0.05, 0) is 55.3 Å². The van der Waals surface area contributed by atoms with E-state index in [4.69, 9.17) is 0 Å². The van der Waals surface area contributed by atoms with Crippen molar-refractivity contribution in [3.8, 4) is 0 Å². The van der Waals surface area contributed by atoms with Gasteiger partial charge in [-0.1, -0.05) is 45.9 Å². The molecule has 0 heterocycles. The highest BCUT2D eigenvalue weighted by atomic mass is 14.9. The van der Waals surface area contributed by atoms with Crippen LogP contribution in [0.2, 0.25) is 0 Å². The fourth-order valence-electron chi connectivity index (χ4n) is 2.26. The van der Waals surface area contributed by atoms with E-state index in [-0.39, 0.29) is 0 Å². The van der Waals surface area contributed by atoms with Gasteiger partial charge in [-0.2, -0.15) is 0 Å². The Morgan fingerprint density at radius 1 is 1.17 bits per heavy atom. The third kappa shape index (κ3) is 3.58. The van der Waals surface area contributed by atoms with Crippen molar-refractivity contribution in [2.24, 2.45) is 11.3 Å². The zero-order valence-corrected chi connectivity index (χ0v) is 13.1. The van der Waals surface area contributed by atoms with E-state index in [1.54, 1.807) is 0 Å². The zero-order chi connectivity index (χ0) is 13.9. The minimum absolute atomic E-state index is 0.368. The van der Waals surface area contributed by atoms with Crippen LogP contribution in [-0.2, 0) is 0 Å². The number of benzene rings is 1. The van der Waals surface area contributed by atoms with Gasteiger partial charge in [0.1, 0.15) is 0 Å². The number of rotatable bonds is 4. The molecule has 0 bridgehead atoms. The minimum atomic E-state index is 0.368. The molecule has 0 aliphatic rings. The van der Waals surface area contributed by atoms with E-state index in [9.17, 15) is 0 Å². The largest absolute Gasteiger partial charge is 0.313 e. The molecule has 0 saturated heterocycles. The van der Waals surface area contributed by atoms with E-state index in [1.165, 1.54) is 23.1 Å². The van der Waals surface area contributed by atoms with Gasteiger partial charge in [0.05, 0.1) is 0 Å². The van der Waals surface area contributed by atoms with Gasteiger partial charge in [0.25, 0.3) is 0 Å². The lowest BCUT2D eigenvalue weighted by Crippen LogP contribution is -2.26. The van der Waals surface area contributed by atoms with E-state index < -0.39 is 0 Å². The number of hydrogen-bond acceptors (Lipinski definition) is 1. The molecule has 0 radical (unpaired) electrons. The lowest BCUT2D eigenvalue weighted by Gasteiger charge is -2.31. The summed E-state index contributed by atoms with van der Waals surface area (Å²) in [5.74, 6) is 0.690. The maximum atomic E-state index is 3.49. The van der Waals surface area contributed by atoms with E-state index >= 15 is 0 Å². The fourth-order valence-corrected chi connectivity index (χ4v) is 2.26. The number of nitrogens with one attached hydrogen (secondary N) is 1. The number of hydrogen-bond donors (Lipinski definition) is 1. The summed E-state index contributed by atoms with van der Waals surface area (Å²) in [4.78, 5) is 0. The summed E-state index contributed by atoms with van der Waals surface area (Å²) >= 11 is 0. The first-order valence-electron chi connectivity index (χ1n) is 7.00. The molecule has 0 spiro atoms. The first-order valence-corrected chi connectivity index (χ1v) is 7.00. The van der Waals surface area contributed by atoms with Crippen LogP contribution in [0, 0.1) is 25.2 Å². The molecule has 2 unspecified atom stereocenters. The third-order valence-electron chi connectivity index (χ3n) is 4.44. The minimum Gasteiger partial charge on any atom is -0.313 e. The molecule has 1 aromatic carbocycles. The van der Waals surface area contributed by atoms with Gasteiger partial charge >= 0.3 is 0 Å². The molecule has 1 heteroatoms. The molecular formula is C17H29N. The van der Waals surface area contributed by atoms with Crippen molar-refractivity contribution in [2.75, 3.05) is 7.05 Å². The third-order valence-corrected chi connectivity index (χ3v) is 4.44. The molecule has 0 aliphatic carbocycles. The molecule has 0 aliphatic heterocycles. The summed E-state index contributed by atoms with van der Waals surface area (Å²) in [6.07, 6.45) is 1.18. The highest BCUT2D eigenvalue weighted by Gasteiger charge is 2.24. The predicted molar refractivity (Wildman–Crippen MR) is 81.0 cm³/mol. The van der Waals surface area contributed by atoms with Crippen LogP contribution in [0.3, 0.4) is 0 Å². The Labute approximate surface area is 113 Å². The lowest BCUT2D eigenvalue weighted by atomic mass is 9.77. The average molecular weight is 247 g/mol. The molecule has 0 amide bonds. The van der Waals surface area contributed by atoms with E-state index in [1.807, 2.05) is 0 Å². The first kappa shape index (κ1) is 15.2. The van der Waals surface area contributed by atoms with Crippen LogP contribution in [0.4, 0.5) is 0 Å². The van der Waals surface area contributed by atoms with Crippen LogP contribution >= 0.6 is 0 Å². The molecule has 0 saturated carbocycles. The molecule has 2 atom stereocenters. The highest BCUT2D eigenvalue weighted by molar-refractivity contribution is 5.35. The molecule has 1 nitrogen and oxygen atoms in total. The summed E-state index contributed by atoms with van der Waals surface area (Å²) < 4.78 is 0. The van der Waals surface area contributed by atoms with Crippen LogP contribution in [0.5, 0.6) is 0 Å². The zero-order valence-electron chi connectivity index (χ0n) is 13.1. The van der Waals surface area contributed by atoms with Crippen molar-refractivity contribution in [2.45, 2.75) is 54.0 Å². The molecule has 18 heavy (non-hydrogen) atoms. The Balaban J connectivity index is 2.94. The molecule has 0 aromatic heterocycles. The summed E-state index contributed by atoms with van der Waals surface area (Å²) in [6, 6.07) is 7.08. The Hall–Kier alpha value is -0.820. The van der Waals surface area contributed by atoms with Crippen LogP contribution in [0.25, 0.3) is 0 Å². The summed E-state index contributed by atoms with van der Waals surface area (Å²) in [5.41, 5.74) is 4.63. The van der Waals surface area contributed by atoms with Gasteiger partial charge in [-0.25, -0.2) is 0 Å². The highest BCUT2D eigenvalue weighted by Crippen LogP contribution is 2.34. The van der Waals surface area contributed by atoms with Gasteiger partial charge in [0.15, 0.2) is 0 Å². The standard InChI is InChI=1S/C17H29N/c1-12-9-8-10-15(14(12)3)16(18-7)11-13(2)17(4,5)6/h8-10,13,16,18H,11H2,1-7H3. The first-order chi connectivity index (χ1) is 8.27. The number of aryl methyl sites for hydroxylation is 1. The fraction of sp³-hybridized carbons (Fsp3) is 0.647. The second kappa shape index (κ2) is 5.88. The molecule has 1 rings (SSSR count). The van der Waals surface area contributed by atoms with Gasteiger partial charge < -0.3 is 5.32 Å². The Morgan fingerprint density at radius 2 is 1.78 bits per heavy atom. The van der Waals surface area contributed by atoms with Crippen LogP contribution in [0.1, 0.15) is 56.8 Å². The van der Waals surface area contributed by atoms with Crippen molar-refractivity contribution in [3.63, 3.8) is 0 Å². The van der Waals surface area contributed by atoms with E-state index in [0.29, 0.717) is 17.4 Å². The topological polar surface area (TPSA) is 12.0 Å². The predicted octanol–water partition coefficient (Wildman–Crippen LogP) is 4.64. The molecule has 1 N–H and O–H groups in total. The average Bonchev–Trinajstić information content (AvgIpc) is 2.28. The Kier molecular flexibility index (Phi) is 4.98. The molecule has 1 aromatic rings. The lowest BCUT2D eigenvalue weighted by molar-refractivity contribution is 0.226. The van der Waals surface area contributed by atoms with Gasteiger partial charge in [0, 0.05) is 6.04 Å². The molecule has 102 valence electrons. The Morgan fingerprint density at radius 3 is 2.28 bits per heavy atom. The quantitative estimate of drug-likeness (QED) is 0.817. The van der Waals surface area contributed by atoms with Crippen LogP contribution < -0.4 is 5.32 Å². The molecular weight excluding hydrogens is 218 g/mol. The van der Waals surface area contributed by atoms with Crippen molar-refractivity contribution in [3.05, 3.63) is 34.9 Å². The summed E-state index contributed by atoms with van der Waals surface area (Å²) in [7, 11) is 2.07. The van der Waals surface area contributed by atoms with E-state index in [0.717, 1.165) is 0 Å². The van der Waals surface area contributed by atoms with Crippen molar-refractivity contribution in [1.29, 1.82) is 0 Å². The van der Waals surface area contributed by atoms with Gasteiger partial charge in [-0.15, -0.1) is 0 Å². The summed E-state index contributed by atoms with van der Waals surface area (Å²) in [5, 5.41) is 3.49. The summed E-state index contributed by atoms with van der Waals surface area (Å²) in [6.45, 7) is 13.8. The van der Waals surface area contributed by atoms with Gasteiger partial charge in [0.2, 0.25) is 0 Å². The van der Waals surface area contributed by atoms with Gasteiger partial charge in [-0.3, -0.25) is 0 Å². The monoisotopic (exact) mass is 247 g/mol. The maximum Gasteiger partial charge on any atom is 0.0322 e. The van der Waals surface area contributed by atoms with Crippen molar-refractivity contribution < 1.29 is 0 Å². The van der Waals surface area contributed by atoms with Crippen molar-refractivity contribution >= 4 is 0 Å². The second-order valence-corrected chi connectivity index (χ2v) is 6.63. The SMILES string of the molecule is CNC(CC(C)C(C)(C)C)c1cccc(C)c1C. The normalized spacial score (nSPS) is 15.5. The smallest absolute Gasteiger partial charge is 0.0322 e. The van der Waals surface area contributed by atoms with E-state index in [2.05, 4.69) is 72.1 Å². The van der Waals surface area contributed by atoms with Crippen molar-refractivity contribution in [1.82, 2.24) is 5.32 Å². The Bertz CT molecular complexity index is 387. The van der Waals surface area contributed by atoms with Crippen LogP contribution in [0.15, 0.2) is 18.2 Å². The maximum absolute atomic E-state index is 3.49. The second-order valence-electron chi connectivity index (χ2n) is 6.63.